The summed E-state index contributed by atoms with van der Waals surface area (Å²) in [6, 6.07) is 0. The summed E-state index contributed by atoms with van der Waals surface area (Å²) in [7, 11) is 0. The number of carbonyl (C=O) groups is 2. The summed E-state index contributed by atoms with van der Waals surface area (Å²) in [6.45, 7) is 5.43. The predicted octanol–water partition coefficient (Wildman–Crippen LogP) is 2.03. The van der Waals surface area contributed by atoms with Crippen molar-refractivity contribution in [2.75, 3.05) is 6.61 Å². The van der Waals surface area contributed by atoms with Crippen molar-refractivity contribution in [1.29, 1.82) is 0 Å². The highest BCUT2D eigenvalue weighted by molar-refractivity contribution is 5.66. The van der Waals surface area contributed by atoms with Crippen LogP contribution in [0, 0.1) is 0 Å². The first-order valence-electron chi connectivity index (χ1n) is 4.46. The molecule has 3 nitrogen and oxygen atoms in total. The van der Waals surface area contributed by atoms with Gasteiger partial charge in [-0.3, -0.25) is 4.79 Å². The second-order valence-corrected chi connectivity index (χ2v) is 3.18. The molecule has 0 spiro atoms. The molecular formula is C11H16O3. The molecule has 0 amide bonds. The lowest BCUT2D eigenvalue weighted by molar-refractivity contribution is -0.139. The standard InChI is InChI=1S/C11H16O3/c1-9(6-7-12)4-5-10(2)8-14-11(3)13/h4-5,7H,6,8H2,1-3H3/b9-4+,10-5+. The SMILES string of the molecule is CC(=O)OC/C(C)=C/C=C(\C)CC=O. The zero-order valence-corrected chi connectivity index (χ0v) is 8.87. The van der Waals surface area contributed by atoms with E-state index in [9.17, 15) is 9.59 Å². The molecule has 0 saturated heterocycles. The Morgan fingerprint density at radius 2 is 1.71 bits per heavy atom. The molecule has 78 valence electrons. The van der Waals surface area contributed by atoms with E-state index in [0.717, 1.165) is 17.4 Å². The third-order valence-corrected chi connectivity index (χ3v) is 1.56. The van der Waals surface area contributed by atoms with Gasteiger partial charge in [0.15, 0.2) is 0 Å². The van der Waals surface area contributed by atoms with Gasteiger partial charge < -0.3 is 9.53 Å². The van der Waals surface area contributed by atoms with Crippen molar-refractivity contribution in [1.82, 2.24) is 0 Å². The van der Waals surface area contributed by atoms with Crippen molar-refractivity contribution in [3.63, 3.8) is 0 Å². The molecule has 0 aromatic heterocycles. The van der Waals surface area contributed by atoms with Crippen LogP contribution in [0.4, 0.5) is 0 Å². The van der Waals surface area contributed by atoms with E-state index in [-0.39, 0.29) is 5.97 Å². The van der Waals surface area contributed by atoms with Gasteiger partial charge in [0, 0.05) is 13.3 Å². The lowest BCUT2D eigenvalue weighted by Gasteiger charge is -2.00. The van der Waals surface area contributed by atoms with Gasteiger partial charge in [-0.05, 0) is 19.4 Å². The summed E-state index contributed by atoms with van der Waals surface area (Å²) in [4.78, 5) is 20.6. The molecule has 0 bridgehead atoms. The Labute approximate surface area is 84.4 Å². The average molecular weight is 196 g/mol. The Kier molecular flexibility index (Phi) is 6.37. The zero-order valence-electron chi connectivity index (χ0n) is 8.87. The van der Waals surface area contributed by atoms with E-state index < -0.39 is 0 Å². The number of esters is 1. The molecule has 0 aliphatic rings. The third kappa shape index (κ3) is 7.28. The number of hydrogen-bond acceptors (Lipinski definition) is 3. The summed E-state index contributed by atoms with van der Waals surface area (Å²) in [5.74, 6) is -0.286. The summed E-state index contributed by atoms with van der Waals surface area (Å²) < 4.78 is 4.79. The molecule has 0 saturated carbocycles. The zero-order chi connectivity index (χ0) is 11.0. The van der Waals surface area contributed by atoms with Gasteiger partial charge in [0.2, 0.25) is 0 Å². The van der Waals surface area contributed by atoms with Crippen LogP contribution in [0.2, 0.25) is 0 Å². The topological polar surface area (TPSA) is 43.4 Å². The van der Waals surface area contributed by atoms with Crippen molar-refractivity contribution in [2.24, 2.45) is 0 Å². The van der Waals surface area contributed by atoms with Crippen LogP contribution in [-0.4, -0.2) is 18.9 Å². The number of ether oxygens (including phenoxy) is 1. The fraction of sp³-hybridized carbons (Fsp3) is 0.455. The van der Waals surface area contributed by atoms with Crippen LogP contribution in [0.5, 0.6) is 0 Å². The normalized spacial score (nSPS) is 12.5. The van der Waals surface area contributed by atoms with E-state index in [4.69, 9.17) is 4.74 Å². The van der Waals surface area contributed by atoms with Crippen molar-refractivity contribution < 1.29 is 14.3 Å². The Morgan fingerprint density at radius 1 is 1.14 bits per heavy atom. The van der Waals surface area contributed by atoms with Gasteiger partial charge in [0.1, 0.15) is 12.9 Å². The van der Waals surface area contributed by atoms with E-state index in [2.05, 4.69) is 0 Å². The fourth-order valence-electron chi connectivity index (χ4n) is 0.748. The monoisotopic (exact) mass is 196 g/mol. The first-order chi connectivity index (χ1) is 6.56. The molecule has 3 heteroatoms. The van der Waals surface area contributed by atoms with Crippen LogP contribution in [0.3, 0.4) is 0 Å². The van der Waals surface area contributed by atoms with Gasteiger partial charge in [-0.1, -0.05) is 17.7 Å². The molecule has 0 N–H and O–H groups in total. The van der Waals surface area contributed by atoms with Gasteiger partial charge in [0.05, 0.1) is 0 Å². The molecule has 0 radical (unpaired) electrons. The maximum absolute atomic E-state index is 10.5. The van der Waals surface area contributed by atoms with Crippen LogP contribution in [0.1, 0.15) is 27.2 Å². The molecule has 0 aliphatic heterocycles. The molecule has 14 heavy (non-hydrogen) atoms. The first-order valence-corrected chi connectivity index (χ1v) is 4.46. The van der Waals surface area contributed by atoms with Crippen molar-refractivity contribution in [3.05, 3.63) is 23.3 Å². The van der Waals surface area contributed by atoms with Crippen molar-refractivity contribution in [2.45, 2.75) is 27.2 Å². The lowest BCUT2D eigenvalue weighted by Crippen LogP contribution is -2.00. The molecule has 0 aromatic rings. The van der Waals surface area contributed by atoms with E-state index in [0.29, 0.717) is 13.0 Å². The van der Waals surface area contributed by atoms with Gasteiger partial charge in [-0.25, -0.2) is 0 Å². The number of aldehydes is 1. The summed E-state index contributed by atoms with van der Waals surface area (Å²) in [5, 5.41) is 0. The Balaban J connectivity index is 4.03. The Morgan fingerprint density at radius 3 is 2.21 bits per heavy atom. The molecular weight excluding hydrogens is 180 g/mol. The van der Waals surface area contributed by atoms with E-state index in [1.54, 1.807) is 0 Å². The second kappa shape index (κ2) is 7.06. The molecule has 0 aromatic carbocycles. The van der Waals surface area contributed by atoms with Crippen LogP contribution in [0.25, 0.3) is 0 Å². The number of rotatable bonds is 5. The minimum atomic E-state index is -0.286. The van der Waals surface area contributed by atoms with Crippen LogP contribution in [0.15, 0.2) is 23.3 Å². The Hall–Kier alpha value is -1.38. The van der Waals surface area contributed by atoms with Crippen molar-refractivity contribution in [3.8, 4) is 0 Å². The second-order valence-electron chi connectivity index (χ2n) is 3.18. The minimum Gasteiger partial charge on any atom is -0.461 e. The summed E-state index contributed by atoms with van der Waals surface area (Å²) in [5.41, 5.74) is 1.94. The van der Waals surface area contributed by atoms with E-state index in [1.807, 2.05) is 26.0 Å². The number of allylic oxidation sites excluding steroid dienone is 3. The highest BCUT2D eigenvalue weighted by Crippen LogP contribution is 2.00. The van der Waals surface area contributed by atoms with Crippen LogP contribution < -0.4 is 0 Å². The maximum atomic E-state index is 10.5. The quantitative estimate of drug-likeness (QED) is 0.384. The molecule has 0 fully saturated rings. The van der Waals surface area contributed by atoms with Gasteiger partial charge in [0.25, 0.3) is 0 Å². The van der Waals surface area contributed by atoms with Gasteiger partial charge in [-0.2, -0.15) is 0 Å². The highest BCUT2D eigenvalue weighted by atomic mass is 16.5. The number of hydrogen-bond donors (Lipinski definition) is 0. The smallest absolute Gasteiger partial charge is 0.302 e. The summed E-state index contributed by atoms with van der Waals surface area (Å²) in [6.07, 6.45) is 5.01. The molecule has 0 unspecified atom stereocenters. The third-order valence-electron chi connectivity index (χ3n) is 1.56. The average Bonchev–Trinajstić information content (AvgIpc) is 2.12. The summed E-state index contributed by atoms with van der Waals surface area (Å²) >= 11 is 0. The number of carbonyl (C=O) groups excluding carboxylic acids is 2. The van der Waals surface area contributed by atoms with E-state index in [1.165, 1.54) is 6.92 Å². The van der Waals surface area contributed by atoms with Crippen molar-refractivity contribution >= 4 is 12.3 Å². The highest BCUT2D eigenvalue weighted by Gasteiger charge is 1.93. The largest absolute Gasteiger partial charge is 0.461 e. The predicted molar refractivity (Wildman–Crippen MR) is 54.8 cm³/mol. The fourth-order valence-corrected chi connectivity index (χ4v) is 0.748. The Bertz CT molecular complexity index is 262. The molecule has 0 heterocycles. The minimum absolute atomic E-state index is 0.286. The first kappa shape index (κ1) is 12.6. The van der Waals surface area contributed by atoms with Crippen LogP contribution in [-0.2, 0) is 14.3 Å². The van der Waals surface area contributed by atoms with E-state index >= 15 is 0 Å². The maximum Gasteiger partial charge on any atom is 0.302 e. The molecule has 0 aliphatic carbocycles. The molecule has 0 atom stereocenters. The molecule has 0 rings (SSSR count). The lowest BCUT2D eigenvalue weighted by atomic mass is 10.2. The van der Waals surface area contributed by atoms with Crippen LogP contribution >= 0.6 is 0 Å². The van der Waals surface area contributed by atoms with Gasteiger partial charge in [-0.15, -0.1) is 0 Å². The van der Waals surface area contributed by atoms with Gasteiger partial charge >= 0.3 is 5.97 Å².